The summed E-state index contributed by atoms with van der Waals surface area (Å²) in [6, 6.07) is 22.0. The van der Waals surface area contributed by atoms with Gasteiger partial charge in [-0.3, -0.25) is 9.59 Å². The molecule has 3 aromatic carbocycles. The van der Waals surface area contributed by atoms with Crippen LogP contribution in [0.5, 0.6) is 5.75 Å². The number of rotatable bonds is 7. The maximum absolute atomic E-state index is 12.7. The van der Waals surface area contributed by atoms with Gasteiger partial charge in [-0.1, -0.05) is 36.4 Å². The third-order valence-corrected chi connectivity index (χ3v) is 4.32. The second kappa shape index (κ2) is 9.55. The molecule has 0 aromatic heterocycles. The normalized spacial score (nSPS) is 10.3. The molecule has 0 aliphatic heterocycles. The standard InChI is InChI=1S/C24H24N2O3/c1-3-29-20-13-11-18(12-14-20)16-23(27)26-22-10-5-4-9-21(22)24(28)25-19-8-6-7-17(2)15-19/h4-15H,3,16H2,1-2H3,(H,25,28)(H,26,27). The smallest absolute Gasteiger partial charge is 0.257 e. The molecule has 0 aliphatic rings. The first-order valence-electron chi connectivity index (χ1n) is 9.54. The molecule has 29 heavy (non-hydrogen) atoms. The van der Waals surface area contributed by atoms with E-state index >= 15 is 0 Å². The molecule has 5 heteroatoms. The van der Waals surface area contributed by atoms with Crippen LogP contribution in [0, 0.1) is 6.92 Å². The van der Waals surface area contributed by atoms with Crippen molar-refractivity contribution in [3.05, 3.63) is 89.5 Å². The number of amides is 2. The summed E-state index contributed by atoms with van der Waals surface area (Å²) in [5.41, 5.74) is 3.53. The first kappa shape index (κ1) is 20.1. The number of para-hydroxylation sites is 1. The predicted octanol–water partition coefficient (Wildman–Crippen LogP) is 4.83. The van der Waals surface area contributed by atoms with E-state index in [0.29, 0.717) is 23.5 Å². The Morgan fingerprint density at radius 3 is 2.38 bits per heavy atom. The Morgan fingerprint density at radius 2 is 1.66 bits per heavy atom. The molecule has 0 saturated carbocycles. The van der Waals surface area contributed by atoms with Crippen molar-refractivity contribution in [2.24, 2.45) is 0 Å². The van der Waals surface area contributed by atoms with Crippen molar-refractivity contribution >= 4 is 23.2 Å². The van der Waals surface area contributed by atoms with E-state index < -0.39 is 0 Å². The number of hydrogen-bond acceptors (Lipinski definition) is 3. The Morgan fingerprint density at radius 1 is 0.897 bits per heavy atom. The fraction of sp³-hybridized carbons (Fsp3) is 0.167. The monoisotopic (exact) mass is 388 g/mol. The van der Waals surface area contributed by atoms with Crippen molar-refractivity contribution in [3.8, 4) is 5.75 Å². The van der Waals surface area contributed by atoms with Crippen LogP contribution in [0.4, 0.5) is 11.4 Å². The molecule has 0 spiro atoms. The molecule has 0 aliphatic carbocycles. The van der Waals surface area contributed by atoms with Crippen LogP contribution in [0.25, 0.3) is 0 Å². The van der Waals surface area contributed by atoms with Crippen LogP contribution in [0.3, 0.4) is 0 Å². The van der Waals surface area contributed by atoms with Gasteiger partial charge >= 0.3 is 0 Å². The van der Waals surface area contributed by atoms with Gasteiger partial charge in [0, 0.05) is 5.69 Å². The van der Waals surface area contributed by atoms with Crippen LogP contribution in [0.2, 0.25) is 0 Å². The van der Waals surface area contributed by atoms with E-state index in [-0.39, 0.29) is 18.2 Å². The highest BCUT2D eigenvalue weighted by molar-refractivity contribution is 6.10. The average Bonchev–Trinajstić information content (AvgIpc) is 2.70. The zero-order chi connectivity index (χ0) is 20.6. The zero-order valence-electron chi connectivity index (χ0n) is 16.6. The number of carbonyl (C=O) groups is 2. The third-order valence-electron chi connectivity index (χ3n) is 4.32. The summed E-state index contributed by atoms with van der Waals surface area (Å²) in [4.78, 5) is 25.2. The van der Waals surface area contributed by atoms with Gasteiger partial charge in [0.2, 0.25) is 5.91 Å². The van der Waals surface area contributed by atoms with E-state index in [1.807, 2.05) is 62.4 Å². The predicted molar refractivity (Wildman–Crippen MR) is 116 cm³/mol. The summed E-state index contributed by atoms with van der Waals surface area (Å²) in [5, 5.41) is 5.72. The highest BCUT2D eigenvalue weighted by atomic mass is 16.5. The number of nitrogens with one attached hydrogen (secondary N) is 2. The van der Waals surface area contributed by atoms with Gasteiger partial charge in [-0.25, -0.2) is 0 Å². The van der Waals surface area contributed by atoms with Gasteiger partial charge in [-0.05, 0) is 61.4 Å². The Hall–Kier alpha value is -3.60. The van der Waals surface area contributed by atoms with E-state index in [0.717, 1.165) is 16.9 Å². The van der Waals surface area contributed by atoms with E-state index in [1.54, 1.807) is 24.3 Å². The summed E-state index contributed by atoms with van der Waals surface area (Å²) in [5.74, 6) is 0.312. The topological polar surface area (TPSA) is 67.4 Å². The minimum Gasteiger partial charge on any atom is -0.494 e. The molecular weight excluding hydrogens is 364 g/mol. The van der Waals surface area contributed by atoms with Crippen molar-refractivity contribution in [2.45, 2.75) is 20.3 Å². The molecule has 2 amide bonds. The first-order chi connectivity index (χ1) is 14.0. The Labute approximate surface area is 170 Å². The second-order valence-corrected chi connectivity index (χ2v) is 6.67. The van der Waals surface area contributed by atoms with E-state index in [2.05, 4.69) is 10.6 Å². The van der Waals surface area contributed by atoms with Crippen LogP contribution in [0.15, 0.2) is 72.8 Å². The summed E-state index contributed by atoms with van der Waals surface area (Å²) in [7, 11) is 0. The van der Waals surface area contributed by atoms with Gasteiger partial charge in [0.1, 0.15) is 5.75 Å². The number of carbonyl (C=O) groups excluding carboxylic acids is 2. The highest BCUT2D eigenvalue weighted by Gasteiger charge is 2.14. The van der Waals surface area contributed by atoms with Gasteiger partial charge < -0.3 is 15.4 Å². The minimum absolute atomic E-state index is 0.190. The second-order valence-electron chi connectivity index (χ2n) is 6.67. The number of benzene rings is 3. The Bertz CT molecular complexity index is 997. The fourth-order valence-electron chi connectivity index (χ4n) is 2.96. The van der Waals surface area contributed by atoms with Crippen LogP contribution in [-0.2, 0) is 11.2 Å². The number of ether oxygens (including phenoxy) is 1. The van der Waals surface area contributed by atoms with Crippen LogP contribution in [-0.4, -0.2) is 18.4 Å². The molecule has 0 atom stereocenters. The molecule has 3 rings (SSSR count). The van der Waals surface area contributed by atoms with Crippen LogP contribution >= 0.6 is 0 Å². The molecule has 0 bridgehead atoms. The maximum atomic E-state index is 12.7. The van der Waals surface area contributed by atoms with Gasteiger partial charge in [-0.15, -0.1) is 0 Å². The third kappa shape index (κ3) is 5.69. The number of anilines is 2. The van der Waals surface area contributed by atoms with E-state index in [4.69, 9.17) is 4.74 Å². The molecule has 0 saturated heterocycles. The Kier molecular flexibility index (Phi) is 6.63. The lowest BCUT2D eigenvalue weighted by Gasteiger charge is -2.12. The van der Waals surface area contributed by atoms with E-state index in [9.17, 15) is 9.59 Å². The lowest BCUT2D eigenvalue weighted by Crippen LogP contribution is -2.19. The fourth-order valence-corrected chi connectivity index (χ4v) is 2.96. The van der Waals surface area contributed by atoms with Crippen molar-refractivity contribution < 1.29 is 14.3 Å². The molecule has 0 fully saturated rings. The molecule has 148 valence electrons. The maximum Gasteiger partial charge on any atom is 0.257 e. The van der Waals surface area contributed by atoms with Gasteiger partial charge in [0.15, 0.2) is 0 Å². The Balaban J connectivity index is 1.68. The summed E-state index contributed by atoms with van der Waals surface area (Å²) >= 11 is 0. The van der Waals surface area contributed by atoms with Crippen molar-refractivity contribution in [3.63, 3.8) is 0 Å². The molecule has 2 N–H and O–H groups in total. The molecule has 3 aromatic rings. The largest absolute Gasteiger partial charge is 0.494 e. The molecule has 5 nitrogen and oxygen atoms in total. The van der Waals surface area contributed by atoms with Crippen molar-refractivity contribution in [1.29, 1.82) is 0 Å². The summed E-state index contributed by atoms with van der Waals surface area (Å²) < 4.78 is 5.41. The molecule has 0 radical (unpaired) electrons. The van der Waals surface area contributed by atoms with Crippen molar-refractivity contribution in [2.75, 3.05) is 17.2 Å². The first-order valence-corrected chi connectivity index (χ1v) is 9.54. The van der Waals surface area contributed by atoms with Gasteiger partial charge in [-0.2, -0.15) is 0 Å². The zero-order valence-corrected chi connectivity index (χ0v) is 16.6. The number of aryl methyl sites for hydroxylation is 1. The van der Waals surface area contributed by atoms with Gasteiger partial charge in [0.25, 0.3) is 5.91 Å². The lowest BCUT2D eigenvalue weighted by molar-refractivity contribution is -0.115. The number of hydrogen-bond donors (Lipinski definition) is 2. The molecule has 0 heterocycles. The van der Waals surface area contributed by atoms with E-state index in [1.165, 1.54) is 0 Å². The summed E-state index contributed by atoms with van der Waals surface area (Å²) in [6.45, 7) is 4.49. The van der Waals surface area contributed by atoms with Crippen LogP contribution < -0.4 is 15.4 Å². The molecular formula is C24H24N2O3. The van der Waals surface area contributed by atoms with Crippen molar-refractivity contribution in [1.82, 2.24) is 0 Å². The summed E-state index contributed by atoms with van der Waals surface area (Å²) in [6.07, 6.45) is 0.209. The quantitative estimate of drug-likeness (QED) is 0.609. The SMILES string of the molecule is CCOc1ccc(CC(=O)Nc2ccccc2C(=O)Nc2cccc(C)c2)cc1. The van der Waals surface area contributed by atoms with Crippen LogP contribution in [0.1, 0.15) is 28.4 Å². The highest BCUT2D eigenvalue weighted by Crippen LogP contribution is 2.19. The lowest BCUT2D eigenvalue weighted by atomic mass is 10.1. The minimum atomic E-state index is -0.271. The van der Waals surface area contributed by atoms with Gasteiger partial charge in [0.05, 0.1) is 24.3 Å². The molecule has 0 unspecified atom stereocenters. The average molecular weight is 388 g/mol.